The fraction of sp³-hybridized carbons (Fsp3) is 0.241. The fourth-order valence-corrected chi connectivity index (χ4v) is 2.80. The number of benzene rings is 3. The number of para-hydroxylation sites is 1. The first-order valence-electron chi connectivity index (χ1n) is 11.4. The Balaban J connectivity index is 0.000000263. The Labute approximate surface area is 212 Å². The molecule has 0 bridgehead atoms. The zero-order valence-corrected chi connectivity index (χ0v) is 22.0. The lowest BCUT2D eigenvalue weighted by Crippen LogP contribution is -2.08. The number of carbonyl (C=O) groups excluding carboxylic acids is 1. The van der Waals surface area contributed by atoms with Gasteiger partial charge in [-0.3, -0.25) is 4.79 Å². The van der Waals surface area contributed by atoms with E-state index in [-0.39, 0.29) is 5.63 Å². The van der Waals surface area contributed by atoms with Gasteiger partial charge in [-0.1, -0.05) is 32.0 Å². The van der Waals surface area contributed by atoms with E-state index in [9.17, 15) is 9.59 Å². The van der Waals surface area contributed by atoms with Crippen molar-refractivity contribution in [2.75, 3.05) is 40.3 Å². The van der Waals surface area contributed by atoms with E-state index in [1.165, 1.54) is 6.07 Å². The molecule has 0 saturated heterocycles. The highest BCUT2D eigenvalue weighted by Crippen LogP contribution is 2.30. The zero-order valence-electron chi connectivity index (χ0n) is 22.0. The maximum Gasteiger partial charge on any atom is 0.336 e. The molecule has 1 aromatic heterocycles. The molecule has 0 aliphatic carbocycles. The summed E-state index contributed by atoms with van der Waals surface area (Å²) in [5, 5.41) is 0.951. The number of anilines is 1. The molecule has 0 unspecified atom stereocenters. The summed E-state index contributed by atoms with van der Waals surface area (Å²) in [7, 11) is 8.84. The lowest BCUT2D eigenvalue weighted by Gasteiger charge is -2.15. The number of carbonyl (C=O) groups is 1. The van der Waals surface area contributed by atoms with Crippen molar-refractivity contribution in [2.45, 2.75) is 13.8 Å². The Morgan fingerprint density at radius 3 is 1.94 bits per heavy atom. The second-order valence-electron chi connectivity index (χ2n) is 7.12. The van der Waals surface area contributed by atoms with Crippen LogP contribution in [-0.2, 0) is 0 Å². The zero-order chi connectivity index (χ0) is 26.9. The molecule has 0 aliphatic heterocycles. The van der Waals surface area contributed by atoms with Crippen LogP contribution in [-0.4, -0.2) is 41.7 Å². The predicted octanol–water partition coefficient (Wildman–Crippen LogP) is 6.10. The predicted molar refractivity (Wildman–Crippen MR) is 146 cm³/mol. The van der Waals surface area contributed by atoms with Gasteiger partial charge in [0.05, 0.1) is 21.3 Å². The summed E-state index contributed by atoms with van der Waals surface area (Å²) in [5.41, 5.74) is 2.10. The van der Waals surface area contributed by atoms with Crippen molar-refractivity contribution in [1.29, 1.82) is 0 Å². The van der Waals surface area contributed by atoms with E-state index >= 15 is 0 Å². The SMILES string of the molecule is CC.COc1ccc(C=O)cc1.COc1ccc(N(C)C)cc1OC.O=c1ccc2ccccc2o1. The maximum atomic E-state index is 10.7. The van der Waals surface area contributed by atoms with Crippen molar-refractivity contribution in [3.8, 4) is 17.2 Å². The van der Waals surface area contributed by atoms with E-state index in [0.717, 1.165) is 34.6 Å². The molecule has 4 aromatic rings. The number of aldehydes is 1. The monoisotopic (exact) mass is 493 g/mol. The van der Waals surface area contributed by atoms with Crippen LogP contribution in [0.25, 0.3) is 11.0 Å². The number of nitrogens with zero attached hydrogens (tertiary/aromatic N) is 1. The van der Waals surface area contributed by atoms with Crippen LogP contribution in [0.1, 0.15) is 24.2 Å². The highest BCUT2D eigenvalue weighted by molar-refractivity contribution is 5.76. The normalized spacial score (nSPS) is 9.19. The van der Waals surface area contributed by atoms with Crippen LogP contribution in [0.4, 0.5) is 5.69 Å². The van der Waals surface area contributed by atoms with Crippen LogP contribution in [0, 0.1) is 0 Å². The van der Waals surface area contributed by atoms with Crippen LogP contribution in [0.2, 0.25) is 0 Å². The van der Waals surface area contributed by atoms with E-state index in [1.807, 2.05) is 69.2 Å². The van der Waals surface area contributed by atoms with Crippen LogP contribution in [0.3, 0.4) is 0 Å². The largest absolute Gasteiger partial charge is 0.497 e. The third-order valence-corrected chi connectivity index (χ3v) is 4.66. The molecule has 0 fully saturated rings. The van der Waals surface area contributed by atoms with Gasteiger partial charge >= 0.3 is 5.63 Å². The Bertz CT molecular complexity index is 1230. The van der Waals surface area contributed by atoms with Crippen molar-refractivity contribution in [3.05, 3.63) is 94.8 Å². The topological polar surface area (TPSA) is 78.2 Å². The summed E-state index contributed by atoms with van der Waals surface area (Å²) >= 11 is 0. The molecule has 36 heavy (non-hydrogen) atoms. The van der Waals surface area contributed by atoms with Gasteiger partial charge in [0.15, 0.2) is 11.5 Å². The molecule has 0 amide bonds. The molecule has 1 heterocycles. The molecular formula is C29H35NO6. The highest BCUT2D eigenvalue weighted by atomic mass is 16.5. The van der Waals surface area contributed by atoms with Crippen LogP contribution < -0.4 is 24.7 Å². The van der Waals surface area contributed by atoms with Crippen LogP contribution >= 0.6 is 0 Å². The van der Waals surface area contributed by atoms with Crippen LogP contribution in [0.15, 0.2) is 88.1 Å². The molecule has 0 spiro atoms. The molecule has 7 heteroatoms. The van der Waals surface area contributed by atoms with Gasteiger partial charge in [-0.25, -0.2) is 4.79 Å². The van der Waals surface area contributed by atoms with Gasteiger partial charge in [-0.15, -0.1) is 0 Å². The molecule has 4 rings (SSSR count). The molecule has 192 valence electrons. The molecule has 7 nitrogen and oxygen atoms in total. The summed E-state index contributed by atoms with van der Waals surface area (Å²) in [6.07, 6.45) is 0.805. The van der Waals surface area contributed by atoms with Gasteiger partial charge in [0.1, 0.15) is 17.6 Å². The van der Waals surface area contributed by atoms with Crippen molar-refractivity contribution in [3.63, 3.8) is 0 Å². The minimum atomic E-state index is -0.302. The van der Waals surface area contributed by atoms with Gasteiger partial charge in [0, 0.05) is 42.9 Å². The van der Waals surface area contributed by atoms with E-state index < -0.39 is 0 Å². The van der Waals surface area contributed by atoms with Crippen LogP contribution in [0.5, 0.6) is 17.2 Å². The smallest absolute Gasteiger partial charge is 0.336 e. The van der Waals surface area contributed by atoms with Crippen molar-refractivity contribution in [2.24, 2.45) is 0 Å². The number of hydrogen-bond acceptors (Lipinski definition) is 7. The van der Waals surface area contributed by atoms with Gasteiger partial charge < -0.3 is 23.5 Å². The molecule has 0 aliphatic rings. The Kier molecular flexibility index (Phi) is 13.5. The molecule has 0 N–H and O–H groups in total. The fourth-order valence-electron chi connectivity index (χ4n) is 2.80. The molecule has 0 saturated carbocycles. The Morgan fingerprint density at radius 1 is 0.750 bits per heavy atom. The van der Waals surface area contributed by atoms with E-state index in [1.54, 1.807) is 57.7 Å². The molecule has 0 radical (unpaired) electrons. The summed E-state index contributed by atoms with van der Waals surface area (Å²) < 4.78 is 20.1. The van der Waals surface area contributed by atoms with Crippen molar-refractivity contribution in [1.82, 2.24) is 0 Å². The van der Waals surface area contributed by atoms with Gasteiger partial charge in [0.25, 0.3) is 0 Å². The number of ether oxygens (including phenoxy) is 3. The Morgan fingerprint density at radius 2 is 1.39 bits per heavy atom. The summed E-state index contributed by atoms with van der Waals surface area (Å²) in [6.45, 7) is 4.00. The molecule has 0 atom stereocenters. The average molecular weight is 494 g/mol. The second kappa shape index (κ2) is 16.4. The lowest BCUT2D eigenvalue weighted by molar-refractivity contribution is 0.112. The first-order valence-corrected chi connectivity index (χ1v) is 11.4. The van der Waals surface area contributed by atoms with E-state index in [2.05, 4.69) is 0 Å². The van der Waals surface area contributed by atoms with E-state index in [4.69, 9.17) is 18.6 Å². The van der Waals surface area contributed by atoms with Gasteiger partial charge in [0.2, 0.25) is 0 Å². The number of rotatable bonds is 5. The highest BCUT2D eigenvalue weighted by Gasteiger charge is 2.04. The number of methoxy groups -OCH3 is 3. The minimum absolute atomic E-state index is 0.302. The quantitative estimate of drug-likeness (QED) is 0.246. The summed E-state index contributed by atoms with van der Waals surface area (Å²) in [6, 6.07) is 23.4. The summed E-state index contributed by atoms with van der Waals surface area (Å²) in [4.78, 5) is 22.9. The standard InChI is InChI=1S/C10H15NO2.C9H6O2.C8H8O2.C2H6/c1-11(2)8-5-6-9(12-3)10(7-8)13-4;10-9-6-5-7-3-1-2-4-8(7)11-9;1-10-8-4-2-7(6-9)3-5-8;1-2/h5-7H,1-4H3;1-6H;2-6H,1H3;1-2H3. The number of hydrogen-bond donors (Lipinski definition) is 0. The second-order valence-corrected chi connectivity index (χ2v) is 7.12. The van der Waals surface area contributed by atoms with E-state index in [0.29, 0.717) is 11.1 Å². The third kappa shape index (κ3) is 9.54. The van der Waals surface area contributed by atoms with Gasteiger partial charge in [-0.05, 0) is 48.5 Å². The van der Waals surface area contributed by atoms with Crippen molar-refractivity contribution >= 4 is 22.9 Å². The van der Waals surface area contributed by atoms with Gasteiger partial charge in [-0.2, -0.15) is 0 Å². The number of fused-ring (bicyclic) bond motifs is 1. The third-order valence-electron chi connectivity index (χ3n) is 4.66. The van der Waals surface area contributed by atoms with Crippen molar-refractivity contribution < 1.29 is 23.4 Å². The maximum absolute atomic E-state index is 10.7. The summed E-state index contributed by atoms with van der Waals surface area (Å²) in [5.74, 6) is 2.28. The lowest BCUT2D eigenvalue weighted by atomic mass is 10.2. The molecule has 3 aromatic carbocycles. The Hall–Kier alpha value is -4.26. The first kappa shape index (κ1) is 29.8. The molecular weight excluding hydrogens is 458 g/mol. The minimum Gasteiger partial charge on any atom is -0.497 e. The average Bonchev–Trinajstić information content (AvgIpc) is 2.94. The first-order chi connectivity index (χ1) is 17.4.